The lowest BCUT2D eigenvalue weighted by Crippen LogP contribution is -2.45. The van der Waals surface area contributed by atoms with Gasteiger partial charge in [0, 0.05) is 55.9 Å². The number of carboxylic acids is 1. The summed E-state index contributed by atoms with van der Waals surface area (Å²) in [6.45, 7) is 5.20. The molecule has 1 aromatic carbocycles. The molecule has 0 amide bonds. The van der Waals surface area contributed by atoms with Gasteiger partial charge in [-0.05, 0) is 74.1 Å². The van der Waals surface area contributed by atoms with Crippen molar-refractivity contribution in [3.05, 3.63) is 76.7 Å². The van der Waals surface area contributed by atoms with Crippen molar-refractivity contribution in [1.82, 2.24) is 24.1 Å². The van der Waals surface area contributed by atoms with Gasteiger partial charge in [0.25, 0.3) is 0 Å². The van der Waals surface area contributed by atoms with Gasteiger partial charge < -0.3 is 14.6 Å². The standard InChI is InChI=1S/C30H34N6O4S.CH4/c1-19-9-10-21(25(16-28(37)38)26-15-22-13-20(2)32-33-29(22)34(26)3)14-23(19)17-35-18-24-7-4-5-12-36(24)30-27(41(35,39)40)8-6-11-31-30;/h6,8-11,13-15,24-25H,4-5,7,12,16-18H2,1-3H3,(H,37,38);1H4/t24-,25?;/m0./s1. The lowest BCUT2D eigenvalue weighted by molar-refractivity contribution is -0.137. The van der Waals surface area contributed by atoms with E-state index in [9.17, 15) is 18.3 Å². The fraction of sp³-hybridized carbons (Fsp3) is 0.419. The number of rotatable bonds is 6. The van der Waals surface area contributed by atoms with Crippen LogP contribution in [0.3, 0.4) is 0 Å². The molecule has 6 rings (SSSR count). The molecular weight excluding hydrogens is 552 g/mol. The Balaban J connectivity index is 0.00000353. The minimum atomic E-state index is -3.81. The molecule has 0 saturated carbocycles. The van der Waals surface area contributed by atoms with Crippen LogP contribution in [-0.2, 0) is 28.4 Å². The third-order valence-corrected chi connectivity index (χ3v) is 10.3. The number of carbonyl (C=O) groups is 1. The molecule has 42 heavy (non-hydrogen) atoms. The number of sulfonamides is 1. The Hall–Kier alpha value is -3.83. The summed E-state index contributed by atoms with van der Waals surface area (Å²) < 4.78 is 31.5. The van der Waals surface area contributed by atoms with E-state index in [1.807, 2.05) is 55.8 Å². The highest BCUT2D eigenvalue weighted by molar-refractivity contribution is 7.89. The number of nitrogens with zero attached hydrogens (tertiary/aromatic N) is 6. The van der Waals surface area contributed by atoms with Gasteiger partial charge in [0.1, 0.15) is 10.7 Å². The van der Waals surface area contributed by atoms with E-state index in [-0.39, 0.29) is 31.3 Å². The summed E-state index contributed by atoms with van der Waals surface area (Å²) in [5.41, 5.74) is 4.91. The van der Waals surface area contributed by atoms with Crippen LogP contribution < -0.4 is 4.90 Å². The Kier molecular flexibility index (Phi) is 8.08. The third kappa shape index (κ3) is 5.27. The van der Waals surface area contributed by atoms with Crippen molar-refractivity contribution < 1.29 is 18.3 Å². The van der Waals surface area contributed by atoms with E-state index in [4.69, 9.17) is 0 Å². The zero-order valence-electron chi connectivity index (χ0n) is 23.5. The normalized spacial score (nSPS) is 18.9. The molecule has 5 heterocycles. The van der Waals surface area contributed by atoms with Gasteiger partial charge in [-0.1, -0.05) is 25.6 Å². The number of piperidine rings is 1. The number of aromatic nitrogens is 4. The summed E-state index contributed by atoms with van der Waals surface area (Å²) >= 11 is 0. The predicted octanol–water partition coefficient (Wildman–Crippen LogP) is 4.79. The lowest BCUT2D eigenvalue weighted by Gasteiger charge is -2.36. The van der Waals surface area contributed by atoms with Crippen LogP contribution >= 0.6 is 0 Å². The van der Waals surface area contributed by atoms with Crippen LogP contribution in [0.15, 0.2) is 53.6 Å². The quantitative estimate of drug-likeness (QED) is 0.340. The minimum Gasteiger partial charge on any atom is -0.481 e. The molecule has 0 aliphatic carbocycles. The van der Waals surface area contributed by atoms with Gasteiger partial charge in [-0.15, -0.1) is 5.10 Å². The highest BCUT2D eigenvalue weighted by atomic mass is 32.2. The smallest absolute Gasteiger partial charge is 0.304 e. The summed E-state index contributed by atoms with van der Waals surface area (Å²) in [7, 11) is -1.94. The maximum Gasteiger partial charge on any atom is 0.304 e. The van der Waals surface area contributed by atoms with Crippen molar-refractivity contribution >= 4 is 32.8 Å². The van der Waals surface area contributed by atoms with Gasteiger partial charge >= 0.3 is 5.97 Å². The Labute approximate surface area is 247 Å². The van der Waals surface area contributed by atoms with Crippen LogP contribution in [0.5, 0.6) is 0 Å². The van der Waals surface area contributed by atoms with Gasteiger partial charge in [0.2, 0.25) is 10.0 Å². The van der Waals surface area contributed by atoms with Crippen LogP contribution in [0, 0.1) is 13.8 Å². The number of fused-ring (bicyclic) bond motifs is 4. The minimum absolute atomic E-state index is 0. The largest absolute Gasteiger partial charge is 0.481 e. The first-order chi connectivity index (χ1) is 19.6. The fourth-order valence-electron chi connectivity index (χ4n) is 6.31. The van der Waals surface area contributed by atoms with Crippen molar-refractivity contribution in [3.63, 3.8) is 0 Å². The average molecular weight is 591 g/mol. The second-order valence-corrected chi connectivity index (χ2v) is 13.1. The first-order valence-corrected chi connectivity index (χ1v) is 15.4. The van der Waals surface area contributed by atoms with Gasteiger partial charge in [-0.2, -0.15) is 9.40 Å². The molecule has 222 valence electrons. The molecule has 2 aliphatic rings. The van der Waals surface area contributed by atoms with Gasteiger partial charge in [-0.3, -0.25) is 4.79 Å². The van der Waals surface area contributed by atoms with Crippen LogP contribution in [0.2, 0.25) is 0 Å². The fourth-order valence-corrected chi connectivity index (χ4v) is 7.92. The second kappa shape index (κ2) is 11.4. The zero-order chi connectivity index (χ0) is 28.9. The number of aliphatic carboxylic acids is 1. The summed E-state index contributed by atoms with van der Waals surface area (Å²) in [6.07, 6.45) is 4.52. The number of benzene rings is 1. The van der Waals surface area contributed by atoms with Crippen molar-refractivity contribution in [2.75, 3.05) is 18.0 Å². The molecule has 4 aromatic rings. The number of anilines is 1. The number of hydrogen-bond donors (Lipinski definition) is 1. The van der Waals surface area contributed by atoms with Crippen LogP contribution in [0.4, 0.5) is 5.82 Å². The molecule has 2 aliphatic heterocycles. The van der Waals surface area contributed by atoms with Gasteiger partial charge in [0.05, 0.1) is 12.1 Å². The molecular formula is C31H38N6O4S. The van der Waals surface area contributed by atoms with Gasteiger partial charge in [-0.25, -0.2) is 13.4 Å². The summed E-state index contributed by atoms with van der Waals surface area (Å²) in [5.74, 6) is -0.826. The van der Waals surface area contributed by atoms with E-state index >= 15 is 0 Å². The molecule has 1 N–H and O–H groups in total. The van der Waals surface area contributed by atoms with Crippen molar-refractivity contribution in [3.8, 4) is 0 Å². The van der Waals surface area contributed by atoms with Crippen molar-refractivity contribution in [2.45, 2.75) is 70.4 Å². The average Bonchev–Trinajstić information content (AvgIpc) is 3.23. The highest BCUT2D eigenvalue weighted by Crippen LogP contribution is 2.37. The van der Waals surface area contributed by atoms with E-state index in [0.717, 1.165) is 59.3 Å². The highest BCUT2D eigenvalue weighted by Gasteiger charge is 2.39. The first-order valence-electron chi connectivity index (χ1n) is 14.0. The first kappa shape index (κ1) is 29.7. The number of aryl methyl sites for hydroxylation is 3. The molecule has 0 radical (unpaired) electrons. The van der Waals surface area contributed by atoms with Crippen LogP contribution in [0.25, 0.3) is 11.0 Å². The summed E-state index contributed by atoms with van der Waals surface area (Å²) in [6, 6.07) is 13.2. The van der Waals surface area contributed by atoms with E-state index < -0.39 is 21.9 Å². The monoisotopic (exact) mass is 590 g/mol. The lowest BCUT2D eigenvalue weighted by atomic mass is 9.89. The third-order valence-electron chi connectivity index (χ3n) is 8.47. The number of hydrogen-bond acceptors (Lipinski definition) is 7. The van der Waals surface area contributed by atoms with Crippen molar-refractivity contribution in [1.29, 1.82) is 0 Å². The van der Waals surface area contributed by atoms with Gasteiger partial charge in [0.15, 0.2) is 5.65 Å². The zero-order valence-corrected chi connectivity index (χ0v) is 24.3. The molecule has 0 spiro atoms. The Morgan fingerprint density at radius 2 is 1.93 bits per heavy atom. The predicted molar refractivity (Wildman–Crippen MR) is 162 cm³/mol. The molecule has 1 unspecified atom stereocenters. The summed E-state index contributed by atoms with van der Waals surface area (Å²) in [4.78, 5) is 18.9. The SMILES string of the molecule is C.Cc1cc2cc(C(CC(=O)O)c3ccc(C)c(CN4C[C@@H]5CCCCN5c5ncccc5S4(=O)=O)c3)n(C)c2nn1. The Bertz CT molecular complexity index is 1750. The number of carboxylic acid groups (broad SMARTS) is 1. The second-order valence-electron chi connectivity index (χ2n) is 11.2. The van der Waals surface area contributed by atoms with E-state index in [1.165, 1.54) is 0 Å². The van der Waals surface area contributed by atoms with Crippen LogP contribution in [-0.4, -0.2) is 62.7 Å². The molecule has 3 aromatic heterocycles. The molecule has 2 atom stereocenters. The van der Waals surface area contributed by atoms with E-state index in [2.05, 4.69) is 20.1 Å². The molecule has 1 fully saturated rings. The Morgan fingerprint density at radius 3 is 2.71 bits per heavy atom. The van der Waals surface area contributed by atoms with E-state index in [1.54, 1.807) is 22.6 Å². The topological polar surface area (TPSA) is 122 Å². The number of pyridine rings is 1. The molecule has 10 nitrogen and oxygen atoms in total. The molecule has 0 bridgehead atoms. The van der Waals surface area contributed by atoms with Crippen molar-refractivity contribution in [2.24, 2.45) is 7.05 Å². The van der Waals surface area contributed by atoms with Crippen LogP contribution in [0.1, 0.15) is 67.1 Å². The maximum atomic E-state index is 14.0. The maximum absolute atomic E-state index is 14.0. The molecule has 1 saturated heterocycles. The molecule has 11 heteroatoms. The summed E-state index contributed by atoms with van der Waals surface area (Å²) in [5, 5.41) is 19.3. The van der Waals surface area contributed by atoms with E-state index in [0.29, 0.717) is 18.0 Å². The Morgan fingerprint density at radius 1 is 1.12 bits per heavy atom.